The first kappa shape index (κ1) is 19.2. The standard InChI is InChI=1S/C16H29N3O.C2H6/c1-4-17-9-11-18(12-10-17)13-15-5-7-19(8-6-15)16(20)14(2)3;1-2/h15H,2,4-13H2,1,3H3;1-2H3. The van der Waals surface area contributed by atoms with E-state index in [0.29, 0.717) is 5.57 Å². The molecule has 0 spiro atoms. The number of hydrogen-bond acceptors (Lipinski definition) is 3. The molecule has 0 aromatic rings. The van der Waals surface area contributed by atoms with Crippen LogP contribution in [0, 0.1) is 5.92 Å². The molecule has 0 aromatic carbocycles. The van der Waals surface area contributed by atoms with E-state index in [1.165, 1.54) is 39.3 Å². The largest absolute Gasteiger partial charge is 0.339 e. The van der Waals surface area contributed by atoms with E-state index in [9.17, 15) is 4.79 Å². The maximum absolute atomic E-state index is 11.9. The molecule has 2 fully saturated rings. The topological polar surface area (TPSA) is 26.8 Å². The van der Waals surface area contributed by atoms with Crippen LogP contribution in [0.5, 0.6) is 0 Å². The number of likely N-dealkylation sites (tertiary alicyclic amines) is 1. The molecule has 0 atom stereocenters. The number of nitrogens with zero attached hydrogens (tertiary/aromatic N) is 3. The van der Waals surface area contributed by atoms with Crippen molar-refractivity contribution < 1.29 is 4.79 Å². The van der Waals surface area contributed by atoms with E-state index in [2.05, 4.69) is 23.3 Å². The Morgan fingerprint density at radius 1 is 1.00 bits per heavy atom. The fraction of sp³-hybridized carbons (Fsp3) is 0.833. The molecule has 0 aliphatic carbocycles. The SMILES string of the molecule is C=C(C)C(=O)N1CCC(CN2CCN(CC)CC2)CC1.CC. The summed E-state index contributed by atoms with van der Waals surface area (Å²) >= 11 is 0. The van der Waals surface area contributed by atoms with Crippen LogP contribution in [0.3, 0.4) is 0 Å². The van der Waals surface area contributed by atoms with Crippen LogP contribution in [0.1, 0.15) is 40.5 Å². The van der Waals surface area contributed by atoms with Crippen LogP contribution in [0.4, 0.5) is 0 Å². The zero-order chi connectivity index (χ0) is 16.5. The maximum Gasteiger partial charge on any atom is 0.248 e. The van der Waals surface area contributed by atoms with Gasteiger partial charge in [0.2, 0.25) is 5.91 Å². The molecule has 2 aliphatic rings. The maximum atomic E-state index is 11.9. The van der Waals surface area contributed by atoms with E-state index in [4.69, 9.17) is 0 Å². The predicted octanol–water partition coefficient (Wildman–Crippen LogP) is 2.46. The van der Waals surface area contributed by atoms with Crippen LogP contribution in [0.2, 0.25) is 0 Å². The lowest BCUT2D eigenvalue weighted by Crippen LogP contribution is -2.49. The predicted molar refractivity (Wildman–Crippen MR) is 94.0 cm³/mol. The monoisotopic (exact) mass is 309 g/mol. The van der Waals surface area contributed by atoms with E-state index in [-0.39, 0.29) is 5.91 Å². The summed E-state index contributed by atoms with van der Waals surface area (Å²) in [5, 5.41) is 0. The zero-order valence-electron chi connectivity index (χ0n) is 15.1. The van der Waals surface area contributed by atoms with Crippen molar-refractivity contribution in [1.29, 1.82) is 0 Å². The first-order valence-corrected chi connectivity index (χ1v) is 8.99. The molecular weight excluding hydrogens is 274 g/mol. The highest BCUT2D eigenvalue weighted by molar-refractivity contribution is 5.92. The molecule has 0 N–H and O–H groups in total. The normalized spacial score (nSPS) is 21.2. The first-order valence-electron chi connectivity index (χ1n) is 8.99. The average molecular weight is 309 g/mol. The minimum absolute atomic E-state index is 0.139. The van der Waals surface area contributed by atoms with Gasteiger partial charge in [-0.2, -0.15) is 0 Å². The van der Waals surface area contributed by atoms with Gasteiger partial charge in [-0.15, -0.1) is 0 Å². The van der Waals surface area contributed by atoms with Crippen molar-refractivity contribution in [1.82, 2.24) is 14.7 Å². The second-order valence-electron chi connectivity index (χ2n) is 6.25. The van der Waals surface area contributed by atoms with Crippen LogP contribution in [0.15, 0.2) is 12.2 Å². The van der Waals surface area contributed by atoms with Gasteiger partial charge in [-0.3, -0.25) is 4.79 Å². The van der Waals surface area contributed by atoms with Gasteiger partial charge < -0.3 is 14.7 Å². The Labute approximate surface area is 137 Å². The summed E-state index contributed by atoms with van der Waals surface area (Å²) in [6, 6.07) is 0. The summed E-state index contributed by atoms with van der Waals surface area (Å²) in [6.45, 7) is 20.8. The summed E-state index contributed by atoms with van der Waals surface area (Å²) in [5.41, 5.74) is 0.666. The molecule has 4 nitrogen and oxygen atoms in total. The van der Waals surface area contributed by atoms with E-state index < -0.39 is 0 Å². The molecular formula is C18H35N3O. The summed E-state index contributed by atoms with van der Waals surface area (Å²) in [5.74, 6) is 0.900. The van der Waals surface area contributed by atoms with Gasteiger partial charge in [-0.1, -0.05) is 27.4 Å². The number of carbonyl (C=O) groups is 1. The lowest BCUT2D eigenvalue weighted by Gasteiger charge is -2.38. The van der Waals surface area contributed by atoms with Crippen LogP contribution in [-0.2, 0) is 4.79 Å². The van der Waals surface area contributed by atoms with Crippen molar-refractivity contribution in [2.24, 2.45) is 5.92 Å². The number of hydrogen-bond donors (Lipinski definition) is 0. The number of piperazine rings is 1. The first-order chi connectivity index (χ1) is 10.6. The van der Waals surface area contributed by atoms with E-state index in [1.54, 1.807) is 0 Å². The molecule has 2 saturated heterocycles. The number of carbonyl (C=O) groups excluding carboxylic acids is 1. The van der Waals surface area contributed by atoms with Crippen LogP contribution < -0.4 is 0 Å². The van der Waals surface area contributed by atoms with Crippen molar-refractivity contribution in [2.75, 3.05) is 52.4 Å². The molecule has 1 amide bonds. The molecule has 22 heavy (non-hydrogen) atoms. The Kier molecular flexibility index (Phi) is 8.72. The number of amides is 1. The molecule has 4 heteroatoms. The Hall–Kier alpha value is -0.870. The molecule has 0 bridgehead atoms. The molecule has 2 heterocycles. The van der Waals surface area contributed by atoms with Gasteiger partial charge in [0, 0.05) is 51.4 Å². The van der Waals surface area contributed by atoms with Crippen molar-refractivity contribution in [3.8, 4) is 0 Å². The fourth-order valence-electron chi connectivity index (χ4n) is 3.24. The Morgan fingerprint density at radius 2 is 1.50 bits per heavy atom. The van der Waals surface area contributed by atoms with Gasteiger partial charge in [-0.25, -0.2) is 0 Å². The Bertz CT molecular complexity index is 340. The molecule has 2 aliphatic heterocycles. The average Bonchev–Trinajstić information content (AvgIpc) is 2.57. The second kappa shape index (κ2) is 10.0. The van der Waals surface area contributed by atoms with E-state index in [1.807, 2.05) is 25.7 Å². The molecule has 0 aromatic heterocycles. The van der Waals surface area contributed by atoms with Gasteiger partial charge in [0.15, 0.2) is 0 Å². The fourth-order valence-corrected chi connectivity index (χ4v) is 3.24. The highest BCUT2D eigenvalue weighted by Gasteiger charge is 2.25. The van der Waals surface area contributed by atoms with Gasteiger partial charge in [0.25, 0.3) is 0 Å². The quantitative estimate of drug-likeness (QED) is 0.747. The lowest BCUT2D eigenvalue weighted by atomic mass is 9.95. The third-order valence-corrected chi connectivity index (χ3v) is 4.70. The van der Waals surface area contributed by atoms with Gasteiger partial charge in [0.05, 0.1) is 0 Å². The third kappa shape index (κ3) is 5.73. The third-order valence-electron chi connectivity index (χ3n) is 4.70. The van der Waals surface area contributed by atoms with E-state index in [0.717, 1.165) is 31.8 Å². The van der Waals surface area contributed by atoms with Crippen LogP contribution in [0.25, 0.3) is 0 Å². The Morgan fingerprint density at radius 3 is 1.95 bits per heavy atom. The van der Waals surface area contributed by atoms with E-state index >= 15 is 0 Å². The lowest BCUT2D eigenvalue weighted by molar-refractivity contribution is -0.128. The Balaban J connectivity index is 0.00000116. The summed E-state index contributed by atoms with van der Waals surface area (Å²) < 4.78 is 0. The minimum atomic E-state index is 0.139. The second-order valence-corrected chi connectivity index (χ2v) is 6.25. The summed E-state index contributed by atoms with van der Waals surface area (Å²) in [6.07, 6.45) is 2.29. The molecule has 2 rings (SSSR count). The molecule has 0 unspecified atom stereocenters. The summed E-state index contributed by atoms with van der Waals surface area (Å²) in [4.78, 5) is 19.0. The van der Waals surface area contributed by atoms with Crippen molar-refractivity contribution >= 4 is 5.91 Å². The number of likely N-dealkylation sites (N-methyl/N-ethyl adjacent to an activating group) is 1. The van der Waals surface area contributed by atoms with Gasteiger partial charge in [0.1, 0.15) is 0 Å². The minimum Gasteiger partial charge on any atom is -0.339 e. The summed E-state index contributed by atoms with van der Waals surface area (Å²) in [7, 11) is 0. The van der Waals surface area contributed by atoms with Crippen LogP contribution >= 0.6 is 0 Å². The number of piperidine rings is 1. The van der Waals surface area contributed by atoms with Crippen LogP contribution in [-0.4, -0.2) is 73.0 Å². The highest BCUT2D eigenvalue weighted by Crippen LogP contribution is 2.20. The van der Waals surface area contributed by atoms with Crippen molar-refractivity contribution in [3.63, 3.8) is 0 Å². The molecule has 128 valence electrons. The van der Waals surface area contributed by atoms with Gasteiger partial charge in [-0.05, 0) is 32.2 Å². The van der Waals surface area contributed by atoms with Gasteiger partial charge >= 0.3 is 0 Å². The molecule has 0 saturated carbocycles. The highest BCUT2D eigenvalue weighted by atomic mass is 16.2. The smallest absolute Gasteiger partial charge is 0.248 e. The van der Waals surface area contributed by atoms with Crippen molar-refractivity contribution in [2.45, 2.75) is 40.5 Å². The zero-order valence-corrected chi connectivity index (χ0v) is 15.1. The molecule has 0 radical (unpaired) electrons. The number of rotatable bonds is 4. The van der Waals surface area contributed by atoms with Crippen molar-refractivity contribution in [3.05, 3.63) is 12.2 Å².